The Bertz CT molecular complexity index is 1080. The van der Waals surface area contributed by atoms with Gasteiger partial charge in [-0.3, -0.25) is 24.2 Å². The first-order valence-electron chi connectivity index (χ1n) is 12.3. The van der Waals surface area contributed by atoms with E-state index in [2.05, 4.69) is 37.9 Å². The molecule has 1 saturated carbocycles. The Kier molecular flexibility index (Phi) is 8.71. The van der Waals surface area contributed by atoms with Crippen molar-refractivity contribution in [1.82, 2.24) is 25.4 Å². The van der Waals surface area contributed by atoms with Crippen molar-refractivity contribution >= 4 is 57.9 Å². The number of carbonyl (C=O) groups excluding carboxylic acids is 4. The minimum absolute atomic E-state index is 0.0304. The number of rotatable bonds is 5. The van der Waals surface area contributed by atoms with Gasteiger partial charge in [-0.2, -0.15) is 0 Å². The molecule has 37 heavy (non-hydrogen) atoms. The van der Waals surface area contributed by atoms with Gasteiger partial charge in [0.2, 0.25) is 5.91 Å². The predicted octanol–water partition coefficient (Wildman–Crippen LogP) is 0.749. The summed E-state index contributed by atoms with van der Waals surface area (Å²) in [6.07, 6.45) is 3.58. The molecule has 3 aliphatic rings. The van der Waals surface area contributed by atoms with Crippen LogP contribution in [0.4, 0.5) is 5.82 Å². The molecule has 13 heteroatoms. The second-order valence-corrected chi connectivity index (χ2v) is 11.6. The molecule has 1 aliphatic carbocycles. The van der Waals surface area contributed by atoms with E-state index in [1.54, 1.807) is 20.2 Å². The van der Waals surface area contributed by atoms with Crippen LogP contribution in [0, 0.1) is 5.92 Å². The third-order valence-corrected chi connectivity index (χ3v) is 8.42. The SMILES string of the molecule is CN1CCC2N=C(C(=O)N[C@@H]3C[C@@H](C(=O)N(C)C)CC[C@@H]3NC(=O)C(=O)Nc3ccc(Cl)cn3)SC2C1. The molecule has 4 rings (SSSR count). The smallest absolute Gasteiger partial charge is 0.314 e. The molecule has 1 saturated heterocycles. The summed E-state index contributed by atoms with van der Waals surface area (Å²) >= 11 is 7.29. The van der Waals surface area contributed by atoms with E-state index in [1.165, 1.54) is 28.9 Å². The summed E-state index contributed by atoms with van der Waals surface area (Å²) in [6.45, 7) is 1.81. The summed E-state index contributed by atoms with van der Waals surface area (Å²) in [4.78, 5) is 63.4. The van der Waals surface area contributed by atoms with E-state index in [1.807, 2.05) is 0 Å². The van der Waals surface area contributed by atoms with Gasteiger partial charge in [-0.25, -0.2) is 4.98 Å². The number of carbonyl (C=O) groups is 4. The van der Waals surface area contributed by atoms with Crippen LogP contribution in [0.5, 0.6) is 0 Å². The molecule has 0 spiro atoms. The average Bonchev–Trinajstić information content (AvgIpc) is 3.29. The molecule has 2 fully saturated rings. The Morgan fingerprint density at radius 3 is 2.57 bits per heavy atom. The first-order valence-corrected chi connectivity index (χ1v) is 13.5. The van der Waals surface area contributed by atoms with Crippen LogP contribution in [-0.4, -0.2) is 101 Å². The Morgan fingerprint density at radius 2 is 1.86 bits per heavy atom. The van der Waals surface area contributed by atoms with Crippen molar-refractivity contribution in [3.63, 3.8) is 0 Å². The number of anilines is 1. The van der Waals surface area contributed by atoms with Gasteiger partial charge < -0.3 is 25.8 Å². The number of aromatic nitrogens is 1. The van der Waals surface area contributed by atoms with Gasteiger partial charge in [0.1, 0.15) is 5.82 Å². The first-order chi connectivity index (χ1) is 17.6. The second kappa shape index (κ2) is 11.8. The highest BCUT2D eigenvalue weighted by atomic mass is 35.5. The molecule has 0 aromatic carbocycles. The van der Waals surface area contributed by atoms with Crippen molar-refractivity contribution < 1.29 is 19.2 Å². The van der Waals surface area contributed by atoms with E-state index in [0.29, 0.717) is 29.3 Å². The lowest BCUT2D eigenvalue weighted by Crippen LogP contribution is -2.57. The second-order valence-electron chi connectivity index (χ2n) is 9.93. The van der Waals surface area contributed by atoms with Gasteiger partial charge in [0.05, 0.1) is 17.1 Å². The van der Waals surface area contributed by atoms with E-state index < -0.39 is 23.9 Å². The fourth-order valence-electron chi connectivity index (χ4n) is 4.94. The maximum Gasteiger partial charge on any atom is 0.314 e. The maximum absolute atomic E-state index is 13.2. The van der Waals surface area contributed by atoms with Crippen molar-refractivity contribution in [2.45, 2.75) is 49.1 Å². The number of nitrogens with one attached hydrogen (secondary N) is 3. The molecule has 2 aliphatic heterocycles. The first kappa shape index (κ1) is 27.3. The molecule has 3 heterocycles. The number of halogens is 1. The number of hydrogen-bond acceptors (Lipinski definition) is 8. The van der Waals surface area contributed by atoms with Gasteiger partial charge in [-0.05, 0) is 51.4 Å². The third kappa shape index (κ3) is 6.79. The lowest BCUT2D eigenvalue weighted by molar-refractivity contribution is -0.138. The average molecular weight is 550 g/mol. The summed E-state index contributed by atoms with van der Waals surface area (Å²) in [5.74, 6) is -2.17. The van der Waals surface area contributed by atoms with Crippen LogP contribution < -0.4 is 16.0 Å². The highest BCUT2D eigenvalue weighted by Crippen LogP contribution is 2.33. The minimum atomic E-state index is -0.879. The molecular weight excluding hydrogens is 518 g/mol. The van der Waals surface area contributed by atoms with Gasteiger partial charge in [0.25, 0.3) is 5.91 Å². The Hall–Kier alpha value is -2.70. The molecule has 0 radical (unpaired) electrons. The van der Waals surface area contributed by atoms with Crippen molar-refractivity contribution in [3.05, 3.63) is 23.4 Å². The number of likely N-dealkylation sites (tertiary alicyclic amines) is 1. The van der Waals surface area contributed by atoms with Crippen LogP contribution in [0.3, 0.4) is 0 Å². The molecule has 2 unspecified atom stereocenters. The summed E-state index contributed by atoms with van der Waals surface area (Å²) in [5, 5.41) is 9.27. The Labute approximate surface area is 225 Å². The Morgan fingerprint density at radius 1 is 1.08 bits per heavy atom. The van der Waals surface area contributed by atoms with E-state index in [9.17, 15) is 19.2 Å². The lowest BCUT2D eigenvalue weighted by atomic mass is 9.81. The molecule has 1 aromatic heterocycles. The largest absolute Gasteiger partial charge is 0.349 e. The maximum atomic E-state index is 13.2. The molecule has 11 nitrogen and oxygen atoms in total. The van der Waals surface area contributed by atoms with Gasteiger partial charge in [-0.1, -0.05) is 23.4 Å². The number of aliphatic imine (C=N–C) groups is 1. The van der Waals surface area contributed by atoms with Gasteiger partial charge in [-0.15, -0.1) is 0 Å². The van der Waals surface area contributed by atoms with E-state index in [4.69, 9.17) is 11.6 Å². The molecule has 200 valence electrons. The quantitative estimate of drug-likeness (QED) is 0.461. The molecule has 0 bridgehead atoms. The zero-order valence-electron chi connectivity index (χ0n) is 21.1. The molecule has 3 N–H and O–H groups in total. The zero-order chi connectivity index (χ0) is 26.7. The van der Waals surface area contributed by atoms with Crippen molar-refractivity contribution in [3.8, 4) is 0 Å². The molecule has 1 aromatic rings. The monoisotopic (exact) mass is 549 g/mol. The van der Waals surface area contributed by atoms with E-state index in [0.717, 1.165) is 19.5 Å². The number of hydrogen-bond donors (Lipinski definition) is 3. The predicted molar refractivity (Wildman–Crippen MR) is 142 cm³/mol. The number of fused-ring (bicyclic) bond motifs is 1. The topological polar surface area (TPSA) is 136 Å². The summed E-state index contributed by atoms with van der Waals surface area (Å²) in [5.41, 5.74) is 0. The Balaban J connectivity index is 1.42. The highest BCUT2D eigenvalue weighted by Gasteiger charge is 2.40. The van der Waals surface area contributed by atoms with Crippen LogP contribution >= 0.6 is 23.4 Å². The number of pyridine rings is 1. The van der Waals surface area contributed by atoms with Crippen LogP contribution in [0.1, 0.15) is 25.7 Å². The van der Waals surface area contributed by atoms with Gasteiger partial charge in [0.15, 0.2) is 5.04 Å². The summed E-state index contributed by atoms with van der Waals surface area (Å²) in [6, 6.07) is 2.11. The van der Waals surface area contributed by atoms with Gasteiger partial charge >= 0.3 is 11.8 Å². The fourth-order valence-corrected chi connectivity index (χ4v) is 6.38. The van der Waals surface area contributed by atoms with Crippen LogP contribution in [0.25, 0.3) is 0 Å². The fraction of sp³-hybridized carbons (Fsp3) is 0.583. The van der Waals surface area contributed by atoms with Crippen LogP contribution in [0.15, 0.2) is 23.3 Å². The number of amides is 4. The van der Waals surface area contributed by atoms with E-state index >= 15 is 0 Å². The van der Waals surface area contributed by atoms with Crippen molar-refractivity contribution in [1.29, 1.82) is 0 Å². The standard InChI is InChI=1S/C24H32ClN7O4S/c1-31(2)24(36)13-4-6-15(27-20(33)21(34)30-19-7-5-14(25)11-26-19)17(10-13)28-22(35)23-29-16-8-9-32(3)12-18(16)37-23/h5,7,11,13,15-18H,4,6,8-10,12H2,1-3H3,(H,27,33)(H,28,35)(H,26,30,34)/t13-,15-,16?,17+,18?/m0/s1. The lowest BCUT2D eigenvalue weighted by Gasteiger charge is -2.37. The van der Waals surface area contributed by atoms with Gasteiger partial charge in [0, 0.05) is 44.0 Å². The highest BCUT2D eigenvalue weighted by molar-refractivity contribution is 8.16. The molecular formula is C24H32ClN7O4S. The molecule has 5 atom stereocenters. The summed E-state index contributed by atoms with van der Waals surface area (Å²) < 4.78 is 0. The van der Waals surface area contributed by atoms with Crippen LogP contribution in [-0.2, 0) is 19.2 Å². The number of piperidine rings is 1. The zero-order valence-corrected chi connectivity index (χ0v) is 22.6. The number of nitrogens with zero attached hydrogens (tertiary/aromatic N) is 4. The number of thioether (sulfide) groups is 1. The minimum Gasteiger partial charge on any atom is -0.349 e. The normalized spacial score (nSPS) is 27.5. The van der Waals surface area contributed by atoms with Crippen LogP contribution in [0.2, 0.25) is 5.02 Å². The van der Waals surface area contributed by atoms with Crippen molar-refractivity contribution in [2.24, 2.45) is 10.9 Å². The summed E-state index contributed by atoms with van der Waals surface area (Å²) in [7, 11) is 5.45. The third-order valence-electron chi connectivity index (χ3n) is 6.92. The van der Waals surface area contributed by atoms with Crippen molar-refractivity contribution in [2.75, 3.05) is 39.5 Å². The molecule has 4 amide bonds. The van der Waals surface area contributed by atoms with E-state index in [-0.39, 0.29) is 34.8 Å².